The molecule has 29 heavy (non-hydrogen) atoms. The third-order valence-electron chi connectivity index (χ3n) is 3.88. The average Bonchev–Trinajstić information content (AvgIpc) is 2.65. The molecular weight excluding hydrogens is 508 g/mol. The molecule has 9 heteroatoms. The van der Waals surface area contributed by atoms with E-state index in [4.69, 9.17) is 4.74 Å². The fourth-order valence-corrected chi connectivity index (χ4v) is 3.41. The molecule has 2 rings (SSSR count). The summed E-state index contributed by atoms with van der Waals surface area (Å²) < 4.78 is 42.4. The van der Waals surface area contributed by atoms with Crippen molar-refractivity contribution in [3.63, 3.8) is 0 Å². The predicted molar refractivity (Wildman–Crippen MR) is 125 cm³/mol. The largest absolute Gasteiger partial charge is 0.494 e. The Labute approximate surface area is 188 Å². The number of sulfone groups is 1. The van der Waals surface area contributed by atoms with Gasteiger partial charge in [0.2, 0.25) is 0 Å². The summed E-state index contributed by atoms with van der Waals surface area (Å²) >= 11 is 0. The molecule has 0 saturated carbocycles. The van der Waals surface area contributed by atoms with Gasteiger partial charge in [0.25, 0.3) is 0 Å². The summed E-state index contributed by atoms with van der Waals surface area (Å²) in [6.45, 7) is 1.48. The third kappa shape index (κ3) is 9.93. The lowest BCUT2D eigenvalue weighted by molar-refractivity contribution is 0.311. The Morgan fingerprint density at radius 1 is 1.10 bits per heavy atom. The number of nitrogens with zero attached hydrogens (tertiary/aromatic N) is 1. The van der Waals surface area contributed by atoms with E-state index in [0.29, 0.717) is 30.2 Å². The summed E-state index contributed by atoms with van der Waals surface area (Å²) in [5, 5.41) is 6.24. The van der Waals surface area contributed by atoms with Crippen LogP contribution in [0.25, 0.3) is 0 Å². The van der Waals surface area contributed by atoms with Gasteiger partial charge in [-0.25, -0.2) is 12.8 Å². The Bertz CT molecular complexity index is 893. The first-order valence-electron chi connectivity index (χ1n) is 8.95. The quantitative estimate of drug-likeness (QED) is 0.223. The van der Waals surface area contributed by atoms with Gasteiger partial charge in [-0.15, -0.1) is 24.0 Å². The number of rotatable bonds is 9. The molecule has 0 saturated heterocycles. The van der Waals surface area contributed by atoms with Crippen molar-refractivity contribution >= 4 is 39.8 Å². The molecule has 0 aliphatic heterocycles. The van der Waals surface area contributed by atoms with Gasteiger partial charge in [0.15, 0.2) is 15.8 Å². The van der Waals surface area contributed by atoms with Crippen LogP contribution in [0.1, 0.15) is 17.5 Å². The number of para-hydroxylation sites is 1. The van der Waals surface area contributed by atoms with Crippen molar-refractivity contribution in [3.05, 3.63) is 65.5 Å². The maximum atomic E-state index is 13.6. The topological polar surface area (TPSA) is 79.8 Å². The Balaban J connectivity index is 0.00000420. The first kappa shape index (κ1) is 25.2. The minimum absolute atomic E-state index is 0. The molecule has 0 bridgehead atoms. The highest BCUT2D eigenvalue weighted by molar-refractivity contribution is 14.0. The van der Waals surface area contributed by atoms with Crippen molar-refractivity contribution in [2.75, 3.05) is 26.5 Å². The van der Waals surface area contributed by atoms with Crippen molar-refractivity contribution in [1.29, 1.82) is 0 Å². The third-order valence-corrected chi connectivity index (χ3v) is 4.72. The van der Waals surface area contributed by atoms with Crippen LogP contribution < -0.4 is 15.4 Å². The van der Waals surface area contributed by atoms with Crippen LogP contribution in [0.3, 0.4) is 0 Å². The lowest BCUT2D eigenvalue weighted by Crippen LogP contribution is -2.37. The van der Waals surface area contributed by atoms with E-state index in [0.717, 1.165) is 18.4 Å². The van der Waals surface area contributed by atoms with E-state index in [1.165, 1.54) is 18.2 Å². The Hall–Kier alpha value is -1.88. The molecule has 0 spiro atoms. The summed E-state index contributed by atoms with van der Waals surface area (Å²) in [6, 6.07) is 13.7. The maximum Gasteiger partial charge on any atom is 0.191 e. The van der Waals surface area contributed by atoms with E-state index >= 15 is 0 Å². The van der Waals surface area contributed by atoms with Gasteiger partial charge in [0.1, 0.15) is 11.6 Å². The van der Waals surface area contributed by atoms with Crippen molar-refractivity contribution in [2.45, 2.75) is 18.7 Å². The van der Waals surface area contributed by atoms with Crippen LogP contribution in [-0.2, 0) is 22.1 Å². The number of nitrogens with one attached hydrogen (secondary N) is 2. The normalized spacial score (nSPS) is 11.5. The summed E-state index contributed by atoms with van der Waals surface area (Å²) in [4.78, 5) is 4.13. The molecule has 2 aromatic rings. The second-order valence-corrected chi connectivity index (χ2v) is 8.49. The molecule has 0 aliphatic rings. The van der Waals surface area contributed by atoms with Crippen LogP contribution in [0.4, 0.5) is 4.39 Å². The van der Waals surface area contributed by atoms with Gasteiger partial charge in [0, 0.05) is 26.4 Å². The minimum Gasteiger partial charge on any atom is -0.494 e. The van der Waals surface area contributed by atoms with E-state index in [1.54, 1.807) is 7.05 Å². The van der Waals surface area contributed by atoms with Crippen molar-refractivity contribution < 1.29 is 17.5 Å². The lowest BCUT2D eigenvalue weighted by Gasteiger charge is -2.14. The highest BCUT2D eigenvalue weighted by Crippen LogP contribution is 2.14. The molecular formula is C20H27FIN3O3S. The highest BCUT2D eigenvalue weighted by atomic mass is 127. The second kappa shape index (κ2) is 12.6. The Morgan fingerprint density at radius 2 is 1.83 bits per heavy atom. The van der Waals surface area contributed by atoms with Gasteiger partial charge in [-0.05, 0) is 41.8 Å². The second-order valence-electron chi connectivity index (χ2n) is 6.35. The van der Waals surface area contributed by atoms with Gasteiger partial charge >= 0.3 is 0 Å². The Morgan fingerprint density at radius 3 is 2.48 bits per heavy atom. The number of ether oxygens (including phenoxy) is 1. The molecule has 0 aliphatic carbocycles. The summed E-state index contributed by atoms with van der Waals surface area (Å²) in [5.74, 6) is 0.839. The zero-order chi connectivity index (χ0) is 20.4. The average molecular weight is 535 g/mol. The standard InChI is InChI=1S/C20H26FN3O3S.HI/c1-22-20(23-11-6-12-27-19-7-4-3-5-8-19)24-14-17-13-18(21)10-9-16(17)15-28(2,25)26;/h3-5,7-10,13H,6,11-12,14-15H2,1-2H3,(H2,22,23,24);1H. The fourth-order valence-electron chi connectivity index (χ4n) is 2.57. The van der Waals surface area contributed by atoms with Gasteiger partial charge in [-0.3, -0.25) is 4.99 Å². The molecule has 0 fully saturated rings. The maximum absolute atomic E-state index is 13.6. The zero-order valence-electron chi connectivity index (χ0n) is 16.5. The number of guanidine groups is 1. The summed E-state index contributed by atoms with van der Waals surface area (Å²) in [6.07, 6.45) is 1.93. The van der Waals surface area contributed by atoms with Crippen molar-refractivity contribution in [2.24, 2.45) is 4.99 Å². The smallest absolute Gasteiger partial charge is 0.191 e. The van der Waals surface area contributed by atoms with Crippen LogP contribution in [0, 0.1) is 5.82 Å². The number of benzene rings is 2. The van der Waals surface area contributed by atoms with Crippen LogP contribution in [-0.4, -0.2) is 40.8 Å². The van der Waals surface area contributed by atoms with Crippen LogP contribution >= 0.6 is 24.0 Å². The van der Waals surface area contributed by atoms with Gasteiger partial charge in [-0.1, -0.05) is 24.3 Å². The molecule has 0 amide bonds. The molecule has 0 unspecified atom stereocenters. The fraction of sp³-hybridized carbons (Fsp3) is 0.350. The van der Waals surface area contributed by atoms with E-state index in [-0.39, 0.29) is 36.3 Å². The predicted octanol–water partition coefficient (Wildman–Crippen LogP) is 3.12. The molecule has 6 nitrogen and oxygen atoms in total. The number of aliphatic imine (C=N–C) groups is 1. The highest BCUT2D eigenvalue weighted by Gasteiger charge is 2.11. The summed E-state index contributed by atoms with van der Waals surface area (Å²) in [5.41, 5.74) is 1.16. The molecule has 160 valence electrons. The van der Waals surface area contributed by atoms with E-state index in [2.05, 4.69) is 15.6 Å². The van der Waals surface area contributed by atoms with E-state index in [1.807, 2.05) is 30.3 Å². The van der Waals surface area contributed by atoms with Gasteiger partial charge in [-0.2, -0.15) is 0 Å². The molecule has 0 atom stereocenters. The Kier molecular flexibility index (Phi) is 11.0. The lowest BCUT2D eigenvalue weighted by atomic mass is 10.1. The molecule has 0 radical (unpaired) electrons. The zero-order valence-corrected chi connectivity index (χ0v) is 19.7. The SMILES string of the molecule is CN=C(NCCCOc1ccccc1)NCc1cc(F)ccc1CS(C)(=O)=O.I. The number of hydrogen-bond donors (Lipinski definition) is 2. The van der Waals surface area contributed by atoms with Gasteiger partial charge in [0.05, 0.1) is 12.4 Å². The van der Waals surface area contributed by atoms with Crippen LogP contribution in [0.2, 0.25) is 0 Å². The van der Waals surface area contributed by atoms with E-state index < -0.39 is 15.7 Å². The molecule has 0 aromatic heterocycles. The summed E-state index contributed by atoms with van der Waals surface area (Å²) in [7, 11) is -1.57. The van der Waals surface area contributed by atoms with Crippen molar-refractivity contribution in [1.82, 2.24) is 10.6 Å². The first-order valence-corrected chi connectivity index (χ1v) is 11.0. The molecule has 0 heterocycles. The number of halogens is 2. The minimum atomic E-state index is -3.21. The van der Waals surface area contributed by atoms with Crippen molar-refractivity contribution in [3.8, 4) is 5.75 Å². The van der Waals surface area contributed by atoms with Crippen LogP contribution in [0.15, 0.2) is 53.5 Å². The van der Waals surface area contributed by atoms with Crippen LogP contribution in [0.5, 0.6) is 5.75 Å². The molecule has 2 N–H and O–H groups in total. The number of hydrogen-bond acceptors (Lipinski definition) is 4. The molecule has 2 aromatic carbocycles. The van der Waals surface area contributed by atoms with E-state index in [9.17, 15) is 12.8 Å². The van der Waals surface area contributed by atoms with Gasteiger partial charge < -0.3 is 15.4 Å². The monoisotopic (exact) mass is 535 g/mol. The first-order chi connectivity index (χ1) is 13.4.